The first-order chi connectivity index (χ1) is 12.1. The van der Waals surface area contributed by atoms with Crippen LogP contribution in [0.15, 0.2) is 63.8 Å². The highest BCUT2D eigenvalue weighted by atomic mass is 35.5. The first kappa shape index (κ1) is 16.8. The van der Waals surface area contributed by atoms with Gasteiger partial charge in [-0.25, -0.2) is 4.79 Å². The number of carbonyl (C=O) groups excluding carboxylic acids is 1. The molecule has 1 amide bonds. The summed E-state index contributed by atoms with van der Waals surface area (Å²) in [7, 11) is 1.49. The van der Waals surface area contributed by atoms with E-state index in [0.717, 1.165) is 5.56 Å². The van der Waals surface area contributed by atoms with E-state index in [4.69, 9.17) is 20.8 Å². The van der Waals surface area contributed by atoms with E-state index in [1.165, 1.54) is 13.2 Å². The Kier molecular flexibility index (Phi) is 4.86. The molecule has 0 atom stereocenters. The third-order valence-electron chi connectivity index (χ3n) is 3.50. The van der Waals surface area contributed by atoms with Crippen LogP contribution < -0.4 is 15.7 Å². The van der Waals surface area contributed by atoms with Gasteiger partial charge in [0, 0.05) is 16.5 Å². The SMILES string of the molecule is COc1cccc2cc(NC(=O)/C=C/c3ccc(Cl)cc3)c(=O)oc12. The third-order valence-corrected chi connectivity index (χ3v) is 3.75. The summed E-state index contributed by atoms with van der Waals surface area (Å²) in [5, 5.41) is 3.79. The average molecular weight is 356 g/mol. The zero-order valence-electron chi connectivity index (χ0n) is 13.3. The van der Waals surface area contributed by atoms with Gasteiger partial charge in [0.2, 0.25) is 5.91 Å². The van der Waals surface area contributed by atoms with Gasteiger partial charge in [-0.05, 0) is 35.9 Å². The van der Waals surface area contributed by atoms with Crippen LogP contribution in [-0.4, -0.2) is 13.0 Å². The highest BCUT2D eigenvalue weighted by Crippen LogP contribution is 2.25. The number of ether oxygens (including phenoxy) is 1. The molecule has 3 rings (SSSR count). The molecule has 0 saturated carbocycles. The molecule has 1 aromatic heterocycles. The minimum atomic E-state index is -0.648. The summed E-state index contributed by atoms with van der Waals surface area (Å²) in [5.41, 5.74) is 0.566. The summed E-state index contributed by atoms with van der Waals surface area (Å²) < 4.78 is 10.4. The molecule has 5 nitrogen and oxygen atoms in total. The number of hydrogen-bond donors (Lipinski definition) is 1. The number of halogens is 1. The molecule has 0 bridgehead atoms. The second-order valence-electron chi connectivity index (χ2n) is 5.20. The zero-order valence-corrected chi connectivity index (χ0v) is 14.0. The smallest absolute Gasteiger partial charge is 0.360 e. The molecule has 1 N–H and O–H groups in total. The largest absolute Gasteiger partial charge is 0.493 e. The fourth-order valence-corrected chi connectivity index (χ4v) is 2.41. The fourth-order valence-electron chi connectivity index (χ4n) is 2.29. The maximum absolute atomic E-state index is 12.1. The van der Waals surface area contributed by atoms with E-state index >= 15 is 0 Å². The van der Waals surface area contributed by atoms with Crippen molar-refractivity contribution in [1.29, 1.82) is 0 Å². The molecule has 1 heterocycles. The van der Waals surface area contributed by atoms with Crippen LogP contribution in [0.2, 0.25) is 5.02 Å². The fraction of sp³-hybridized carbons (Fsp3) is 0.0526. The lowest BCUT2D eigenvalue weighted by atomic mass is 10.2. The molecular formula is C19H14ClNO4. The van der Waals surface area contributed by atoms with Crippen LogP contribution in [0.1, 0.15) is 5.56 Å². The van der Waals surface area contributed by atoms with Gasteiger partial charge in [-0.2, -0.15) is 0 Å². The molecule has 3 aromatic rings. The molecule has 6 heteroatoms. The maximum Gasteiger partial charge on any atom is 0.360 e. The van der Waals surface area contributed by atoms with Crippen LogP contribution in [0.4, 0.5) is 5.69 Å². The average Bonchev–Trinajstić information content (AvgIpc) is 2.61. The molecule has 0 aliphatic rings. The Bertz CT molecular complexity index is 1010. The summed E-state index contributed by atoms with van der Waals surface area (Å²) >= 11 is 5.81. The number of benzene rings is 2. The lowest BCUT2D eigenvalue weighted by molar-refractivity contribution is -0.111. The standard InChI is InChI=1S/C19H14ClNO4/c1-24-16-4-2-3-13-11-15(19(23)25-18(13)16)21-17(22)10-7-12-5-8-14(20)9-6-12/h2-11H,1H3,(H,21,22)/b10-7+. The quantitative estimate of drug-likeness (QED) is 0.565. The molecule has 0 aliphatic carbocycles. The van der Waals surface area contributed by atoms with E-state index in [9.17, 15) is 9.59 Å². The molecule has 0 saturated heterocycles. The van der Waals surface area contributed by atoms with Crippen molar-refractivity contribution < 1.29 is 13.9 Å². The van der Waals surface area contributed by atoms with Crippen LogP contribution in [0, 0.1) is 0 Å². The number of carbonyl (C=O) groups is 1. The number of anilines is 1. The number of hydrogen-bond acceptors (Lipinski definition) is 4. The Morgan fingerprint density at radius 1 is 1.20 bits per heavy atom. The summed E-state index contributed by atoms with van der Waals surface area (Å²) in [6, 6.07) is 13.8. The van der Waals surface area contributed by atoms with E-state index < -0.39 is 11.5 Å². The monoisotopic (exact) mass is 355 g/mol. The van der Waals surface area contributed by atoms with Crippen molar-refractivity contribution in [3.63, 3.8) is 0 Å². The maximum atomic E-state index is 12.1. The number of rotatable bonds is 4. The van der Waals surface area contributed by atoms with Gasteiger partial charge in [-0.15, -0.1) is 0 Å². The van der Waals surface area contributed by atoms with Crippen LogP contribution in [0.5, 0.6) is 5.75 Å². The second-order valence-corrected chi connectivity index (χ2v) is 5.64. The van der Waals surface area contributed by atoms with E-state index in [1.807, 2.05) is 0 Å². The number of methoxy groups -OCH3 is 1. The van der Waals surface area contributed by atoms with Crippen molar-refractivity contribution in [3.8, 4) is 5.75 Å². The Morgan fingerprint density at radius 2 is 1.96 bits per heavy atom. The van der Waals surface area contributed by atoms with Crippen molar-refractivity contribution in [2.45, 2.75) is 0 Å². The van der Waals surface area contributed by atoms with Crippen LogP contribution in [0.25, 0.3) is 17.0 Å². The number of amides is 1. The predicted molar refractivity (Wildman–Crippen MR) is 98.2 cm³/mol. The summed E-state index contributed by atoms with van der Waals surface area (Å²) in [6.07, 6.45) is 2.95. The van der Waals surface area contributed by atoms with Gasteiger partial charge >= 0.3 is 5.63 Å². The van der Waals surface area contributed by atoms with Gasteiger partial charge in [-0.3, -0.25) is 4.79 Å². The van der Waals surface area contributed by atoms with Gasteiger partial charge in [-0.1, -0.05) is 35.9 Å². The second kappa shape index (κ2) is 7.23. The molecule has 0 spiro atoms. The lowest BCUT2D eigenvalue weighted by Gasteiger charge is -2.06. The normalized spacial score (nSPS) is 11.0. The Morgan fingerprint density at radius 3 is 2.68 bits per heavy atom. The molecule has 25 heavy (non-hydrogen) atoms. The first-order valence-corrected chi connectivity index (χ1v) is 7.80. The predicted octanol–water partition coefficient (Wildman–Crippen LogP) is 4.11. The summed E-state index contributed by atoms with van der Waals surface area (Å²) in [4.78, 5) is 24.1. The van der Waals surface area contributed by atoms with E-state index in [1.54, 1.807) is 54.6 Å². The van der Waals surface area contributed by atoms with Crippen molar-refractivity contribution in [2.24, 2.45) is 0 Å². The van der Waals surface area contributed by atoms with Crippen molar-refractivity contribution in [1.82, 2.24) is 0 Å². The molecular weight excluding hydrogens is 342 g/mol. The van der Waals surface area contributed by atoms with Crippen LogP contribution >= 0.6 is 11.6 Å². The molecule has 126 valence electrons. The van der Waals surface area contributed by atoms with Gasteiger partial charge in [0.05, 0.1) is 7.11 Å². The molecule has 2 aromatic carbocycles. The molecule has 0 fully saturated rings. The Hall–Kier alpha value is -3.05. The van der Waals surface area contributed by atoms with Crippen LogP contribution in [0.3, 0.4) is 0 Å². The van der Waals surface area contributed by atoms with Gasteiger partial charge in [0.1, 0.15) is 5.69 Å². The number of para-hydroxylation sites is 1. The molecule has 0 aliphatic heterocycles. The molecule has 0 unspecified atom stereocenters. The van der Waals surface area contributed by atoms with E-state index in [-0.39, 0.29) is 5.69 Å². The van der Waals surface area contributed by atoms with Crippen molar-refractivity contribution in [2.75, 3.05) is 12.4 Å². The van der Waals surface area contributed by atoms with Gasteiger partial charge in [0.15, 0.2) is 11.3 Å². The zero-order chi connectivity index (χ0) is 17.8. The van der Waals surface area contributed by atoms with E-state index in [2.05, 4.69) is 5.32 Å². The van der Waals surface area contributed by atoms with Gasteiger partial charge < -0.3 is 14.5 Å². The lowest BCUT2D eigenvalue weighted by Crippen LogP contribution is -2.15. The Labute approximate surface area is 148 Å². The summed E-state index contributed by atoms with van der Waals surface area (Å²) in [5.74, 6) is 0.0135. The highest BCUT2D eigenvalue weighted by molar-refractivity contribution is 6.30. The summed E-state index contributed by atoms with van der Waals surface area (Å²) in [6.45, 7) is 0. The minimum Gasteiger partial charge on any atom is -0.493 e. The number of nitrogens with one attached hydrogen (secondary N) is 1. The van der Waals surface area contributed by atoms with Gasteiger partial charge in [0.25, 0.3) is 0 Å². The van der Waals surface area contributed by atoms with Crippen molar-refractivity contribution >= 4 is 40.2 Å². The Balaban J connectivity index is 1.82. The first-order valence-electron chi connectivity index (χ1n) is 7.42. The minimum absolute atomic E-state index is 0.0616. The molecule has 0 radical (unpaired) electrons. The van der Waals surface area contributed by atoms with Crippen molar-refractivity contribution in [3.05, 3.63) is 75.6 Å². The highest BCUT2D eigenvalue weighted by Gasteiger charge is 2.10. The van der Waals surface area contributed by atoms with Crippen LogP contribution in [-0.2, 0) is 4.79 Å². The topological polar surface area (TPSA) is 68.5 Å². The van der Waals surface area contributed by atoms with E-state index in [0.29, 0.717) is 21.7 Å². The number of fused-ring (bicyclic) bond motifs is 1. The third kappa shape index (κ3) is 3.89.